The lowest BCUT2D eigenvalue weighted by molar-refractivity contribution is 0.219. The molecule has 0 saturated carbocycles. The summed E-state index contributed by atoms with van der Waals surface area (Å²) in [6.45, 7) is 10.9. The van der Waals surface area contributed by atoms with Crippen LogP contribution in [0.3, 0.4) is 0 Å². The van der Waals surface area contributed by atoms with Gasteiger partial charge in [0.1, 0.15) is 0 Å². The van der Waals surface area contributed by atoms with Crippen molar-refractivity contribution in [2.75, 3.05) is 13.2 Å². The van der Waals surface area contributed by atoms with Crippen LogP contribution in [-0.2, 0) is 25.2 Å². The van der Waals surface area contributed by atoms with E-state index in [9.17, 15) is 4.57 Å². The minimum Gasteiger partial charge on any atom is -0.309 e. The molecule has 0 aliphatic heterocycles. The maximum atomic E-state index is 12.6. The molecule has 0 N–H and O–H groups in total. The maximum absolute atomic E-state index is 12.6. The number of rotatable bonds is 6. The molecule has 1 rings (SSSR count). The quantitative estimate of drug-likeness (QED) is 0.707. The van der Waals surface area contributed by atoms with E-state index in [2.05, 4.69) is 26.8 Å². The molecule has 0 aliphatic carbocycles. The summed E-state index contributed by atoms with van der Waals surface area (Å²) < 4.78 is 23.4. The lowest BCUT2D eigenvalue weighted by Gasteiger charge is -2.25. The van der Waals surface area contributed by atoms with E-state index < -0.39 is 7.60 Å². The highest BCUT2D eigenvalue weighted by Gasteiger charge is 2.27. The third-order valence-corrected chi connectivity index (χ3v) is 4.87. The van der Waals surface area contributed by atoms with E-state index in [1.165, 1.54) is 5.56 Å². The minimum absolute atomic E-state index is 0.0137. The average Bonchev–Trinajstić information content (AvgIpc) is 2.28. The zero-order chi connectivity index (χ0) is 14.5. The number of hydrogen-bond acceptors (Lipinski definition) is 3. The predicted octanol–water partition coefficient (Wildman–Crippen LogP) is 4.75. The fraction of sp³-hybridized carbons (Fsp3) is 0.600. The highest BCUT2D eigenvalue weighted by Crippen LogP contribution is 2.52. The van der Waals surface area contributed by atoms with Gasteiger partial charge in [0.15, 0.2) is 0 Å². The first kappa shape index (κ1) is 16.4. The lowest BCUT2D eigenvalue weighted by Crippen LogP contribution is -2.14. The normalized spacial score (nSPS) is 12.7. The standard InChI is InChI=1S/C15H25O3P/c1-6-17-19(16,18-7-2)12-13-10-8-9-11-14(13)15(3,4)5/h8-11H,6-7,12H2,1-5H3. The number of hydrogen-bond donors (Lipinski definition) is 0. The largest absolute Gasteiger partial charge is 0.335 e. The summed E-state index contributed by atoms with van der Waals surface area (Å²) >= 11 is 0. The molecule has 0 bridgehead atoms. The summed E-state index contributed by atoms with van der Waals surface area (Å²) in [5, 5.41) is 0. The zero-order valence-corrected chi connectivity index (χ0v) is 13.5. The van der Waals surface area contributed by atoms with Gasteiger partial charge in [-0.2, -0.15) is 0 Å². The van der Waals surface area contributed by atoms with E-state index >= 15 is 0 Å². The summed E-state index contributed by atoms with van der Waals surface area (Å²) in [7, 11) is -3.04. The van der Waals surface area contributed by atoms with Gasteiger partial charge >= 0.3 is 7.60 Å². The van der Waals surface area contributed by atoms with Crippen LogP contribution in [0.4, 0.5) is 0 Å². The molecule has 0 atom stereocenters. The van der Waals surface area contributed by atoms with Crippen molar-refractivity contribution >= 4 is 7.60 Å². The smallest absolute Gasteiger partial charge is 0.309 e. The van der Waals surface area contributed by atoms with E-state index in [0.717, 1.165) is 5.56 Å². The molecule has 0 saturated heterocycles. The summed E-state index contributed by atoms with van der Waals surface area (Å²) in [6.07, 6.45) is 0.335. The van der Waals surface area contributed by atoms with Crippen LogP contribution in [0.15, 0.2) is 24.3 Å². The topological polar surface area (TPSA) is 35.5 Å². The second kappa shape index (κ2) is 6.69. The first-order valence-corrected chi connectivity index (χ1v) is 8.51. The molecule has 0 heterocycles. The van der Waals surface area contributed by atoms with Crippen molar-refractivity contribution in [3.8, 4) is 0 Å². The Morgan fingerprint density at radius 3 is 2.05 bits per heavy atom. The van der Waals surface area contributed by atoms with Crippen LogP contribution < -0.4 is 0 Å². The lowest BCUT2D eigenvalue weighted by atomic mass is 9.84. The van der Waals surface area contributed by atoms with Crippen LogP contribution in [0, 0.1) is 0 Å². The molecule has 0 fully saturated rings. The molecular weight excluding hydrogens is 259 g/mol. The van der Waals surface area contributed by atoms with Gasteiger partial charge in [0.05, 0.1) is 19.4 Å². The Morgan fingerprint density at radius 2 is 1.58 bits per heavy atom. The van der Waals surface area contributed by atoms with E-state index in [4.69, 9.17) is 9.05 Å². The molecule has 3 nitrogen and oxygen atoms in total. The van der Waals surface area contributed by atoms with Crippen LogP contribution >= 0.6 is 7.60 Å². The molecular formula is C15H25O3P. The van der Waals surface area contributed by atoms with Gasteiger partial charge in [-0.15, -0.1) is 0 Å². The van der Waals surface area contributed by atoms with E-state index in [0.29, 0.717) is 19.4 Å². The Hall–Kier alpha value is -0.630. The molecule has 0 aromatic heterocycles. The van der Waals surface area contributed by atoms with Crippen LogP contribution in [-0.4, -0.2) is 13.2 Å². The van der Waals surface area contributed by atoms with Crippen LogP contribution in [0.2, 0.25) is 0 Å². The van der Waals surface area contributed by atoms with Gasteiger partial charge in [-0.1, -0.05) is 45.0 Å². The monoisotopic (exact) mass is 284 g/mol. The summed E-state index contributed by atoms with van der Waals surface area (Å²) in [5.41, 5.74) is 2.25. The molecule has 1 aromatic carbocycles. The van der Waals surface area contributed by atoms with Crippen molar-refractivity contribution in [1.29, 1.82) is 0 Å². The SMILES string of the molecule is CCOP(=O)(Cc1ccccc1C(C)(C)C)OCC. The first-order chi connectivity index (χ1) is 8.82. The van der Waals surface area contributed by atoms with E-state index in [1.807, 2.05) is 32.0 Å². The molecule has 0 spiro atoms. The molecule has 0 amide bonds. The maximum Gasteiger partial charge on any atom is 0.335 e. The van der Waals surface area contributed by atoms with Crippen LogP contribution in [0.5, 0.6) is 0 Å². The molecule has 0 radical (unpaired) electrons. The highest BCUT2D eigenvalue weighted by molar-refractivity contribution is 7.53. The zero-order valence-electron chi connectivity index (χ0n) is 12.6. The van der Waals surface area contributed by atoms with Gasteiger partial charge in [-0.05, 0) is 30.4 Å². The van der Waals surface area contributed by atoms with Crippen molar-refractivity contribution in [2.45, 2.75) is 46.2 Å². The Labute approximate surface area is 116 Å². The van der Waals surface area contributed by atoms with Crippen molar-refractivity contribution in [3.63, 3.8) is 0 Å². The molecule has 108 valence electrons. The van der Waals surface area contributed by atoms with Crippen molar-refractivity contribution in [3.05, 3.63) is 35.4 Å². The van der Waals surface area contributed by atoms with Crippen molar-refractivity contribution < 1.29 is 13.6 Å². The summed E-state index contributed by atoms with van der Waals surface area (Å²) in [4.78, 5) is 0. The second-order valence-electron chi connectivity index (χ2n) is 5.51. The fourth-order valence-electron chi connectivity index (χ4n) is 2.12. The Bertz CT molecular complexity index is 439. The van der Waals surface area contributed by atoms with E-state index in [-0.39, 0.29) is 5.41 Å². The van der Waals surface area contributed by atoms with Gasteiger partial charge in [-0.3, -0.25) is 4.57 Å². The Morgan fingerprint density at radius 1 is 1.05 bits per heavy atom. The molecule has 0 aliphatic rings. The van der Waals surface area contributed by atoms with Gasteiger partial charge < -0.3 is 9.05 Å². The average molecular weight is 284 g/mol. The van der Waals surface area contributed by atoms with Crippen LogP contribution in [0.1, 0.15) is 45.7 Å². The van der Waals surface area contributed by atoms with E-state index in [1.54, 1.807) is 0 Å². The summed E-state index contributed by atoms with van der Waals surface area (Å²) in [5.74, 6) is 0. The predicted molar refractivity (Wildman–Crippen MR) is 79.7 cm³/mol. The van der Waals surface area contributed by atoms with Crippen molar-refractivity contribution in [1.82, 2.24) is 0 Å². The molecule has 19 heavy (non-hydrogen) atoms. The highest BCUT2D eigenvalue weighted by atomic mass is 31.2. The minimum atomic E-state index is -3.04. The molecule has 0 unspecified atom stereocenters. The molecule has 4 heteroatoms. The first-order valence-electron chi connectivity index (χ1n) is 6.79. The summed E-state index contributed by atoms with van der Waals surface area (Å²) in [6, 6.07) is 8.06. The number of benzene rings is 1. The van der Waals surface area contributed by atoms with Gasteiger partial charge in [-0.25, -0.2) is 0 Å². The van der Waals surface area contributed by atoms with Gasteiger partial charge in [0.2, 0.25) is 0 Å². The molecule has 1 aromatic rings. The third-order valence-electron chi connectivity index (χ3n) is 2.84. The fourth-order valence-corrected chi connectivity index (χ4v) is 3.86. The Balaban J connectivity index is 3.07. The van der Waals surface area contributed by atoms with Gasteiger partial charge in [0, 0.05) is 0 Å². The van der Waals surface area contributed by atoms with Gasteiger partial charge in [0.25, 0.3) is 0 Å². The third kappa shape index (κ3) is 4.76. The second-order valence-corrected chi connectivity index (χ2v) is 7.57. The Kier molecular flexibility index (Phi) is 5.79. The van der Waals surface area contributed by atoms with Crippen LogP contribution in [0.25, 0.3) is 0 Å². The van der Waals surface area contributed by atoms with Crippen molar-refractivity contribution in [2.24, 2.45) is 0 Å².